The van der Waals surface area contributed by atoms with Crippen LogP contribution in [0.2, 0.25) is 0 Å². The van der Waals surface area contributed by atoms with E-state index < -0.39 is 30.2 Å². The number of hydrogen-bond donors (Lipinski definition) is 2. The molecule has 8 nitrogen and oxygen atoms in total. The van der Waals surface area contributed by atoms with Gasteiger partial charge >= 0.3 is 6.03 Å². The van der Waals surface area contributed by atoms with Crippen LogP contribution in [0.3, 0.4) is 0 Å². The first kappa shape index (κ1) is 17.5. The van der Waals surface area contributed by atoms with E-state index in [0.29, 0.717) is 17.1 Å². The number of imide groups is 1. The topological polar surface area (TPSA) is 97.0 Å². The molecule has 2 aromatic rings. The molecule has 2 heterocycles. The Balaban J connectivity index is 1.46. The smallest absolute Gasteiger partial charge is 0.329 e. The lowest BCUT2D eigenvalue weighted by Gasteiger charge is -2.12. The predicted molar refractivity (Wildman–Crippen MR) is 95.8 cm³/mol. The highest BCUT2D eigenvalue weighted by Crippen LogP contribution is 2.33. The predicted octanol–water partition coefficient (Wildman–Crippen LogP) is 2.09. The van der Waals surface area contributed by atoms with E-state index in [9.17, 15) is 18.8 Å². The van der Waals surface area contributed by atoms with Gasteiger partial charge in [0.15, 0.2) is 11.5 Å². The average Bonchev–Trinajstić information content (AvgIpc) is 3.23. The highest BCUT2D eigenvalue weighted by atomic mass is 19.1. The Hall–Kier alpha value is -3.88. The number of ether oxygens (including phenoxy) is 2. The van der Waals surface area contributed by atoms with E-state index in [4.69, 9.17) is 9.47 Å². The number of benzene rings is 2. The third kappa shape index (κ3) is 3.37. The monoisotopic (exact) mass is 383 g/mol. The first-order valence-corrected chi connectivity index (χ1v) is 8.30. The molecular formula is C19H14FN3O5. The van der Waals surface area contributed by atoms with E-state index in [-0.39, 0.29) is 18.2 Å². The van der Waals surface area contributed by atoms with Gasteiger partial charge in [0, 0.05) is 0 Å². The largest absolute Gasteiger partial charge is 0.454 e. The average molecular weight is 383 g/mol. The van der Waals surface area contributed by atoms with Crippen molar-refractivity contribution < 1.29 is 28.2 Å². The van der Waals surface area contributed by atoms with Crippen LogP contribution in [0.15, 0.2) is 48.2 Å². The quantitative estimate of drug-likeness (QED) is 0.623. The van der Waals surface area contributed by atoms with Crippen molar-refractivity contribution in [2.45, 2.75) is 0 Å². The van der Waals surface area contributed by atoms with Crippen LogP contribution in [0.1, 0.15) is 5.56 Å². The molecule has 2 aliphatic rings. The van der Waals surface area contributed by atoms with Gasteiger partial charge in [-0.05, 0) is 35.9 Å². The number of para-hydroxylation sites is 1. The minimum Gasteiger partial charge on any atom is -0.454 e. The SMILES string of the molecule is O=C(CN1C(=O)N/C(=C/c2ccc3c(c2)OCO3)C1=O)Nc1ccccc1F. The van der Waals surface area contributed by atoms with E-state index in [1.807, 2.05) is 0 Å². The molecule has 0 radical (unpaired) electrons. The van der Waals surface area contributed by atoms with Gasteiger partial charge in [0.25, 0.3) is 5.91 Å². The molecule has 2 aliphatic heterocycles. The summed E-state index contributed by atoms with van der Waals surface area (Å²) in [5.41, 5.74) is 0.601. The summed E-state index contributed by atoms with van der Waals surface area (Å²) in [5, 5.41) is 4.76. The van der Waals surface area contributed by atoms with Crippen molar-refractivity contribution in [2.75, 3.05) is 18.7 Å². The number of hydrogen-bond acceptors (Lipinski definition) is 5. The summed E-state index contributed by atoms with van der Waals surface area (Å²) < 4.78 is 24.1. The van der Waals surface area contributed by atoms with Gasteiger partial charge in [-0.2, -0.15) is 0 Å². The van der Waals surface area contributed by atoms with Crippen LogP contribution in [0.5, 0.6) is 11.5 Å². The van der Waals surface area contributed by atoms with E-state index in [2.05, 4.69) is 10.6 Å². The molecule has 0 aliphatic carbocycles. The first-order chi connectivity index (χ1) is 13.5. The van der Waals surface area contributed by atoms with Crippen LogP contribution in [0, 0.1) is 5.82 Å². The van der Waals surface area contributed by atoms with Crippen molar-refractivity contribution in [1.29, 1.82) is 0 Å². The van der Waals surface area contributed by atoms with Gasteiger partial charge in [0.05, 0.1) is 5.69 Å². The molecule has 0 unspecified atom stereocenters. The highest BCUT2D eigenvalue weighted by molar-refractivity contribution is 6.15. The second-order valence-electron chi connectivity index (χ2n) is 6.02. The fourth-order valence-electron chi connectivity index (χ4n) is 2.78. The van der Waals surface area contributed by atoms with Crippen molar-refractivity contribution in [2.24, 2.45) is 0 Å². The van der Waals surface area contributed by atoms with Gasteiger partial charge in [0.1, 0.15) is 18.1 Å². The minimum absolute atomic E-state index is 0.0163. The van der Waals surface area contributed by atoms with Gasteiger partial charge in [-0.3, -0.25) is 9.59 Å². The number of carbonyl (C=O) groups is 3. The zero-order chi connectivity index (χ0) is 19.7. The molecule has 28 heavy (non-hydrogen) atoms. The molecular weight excluding hydrogens is 369 g/mol. The summed E-state index contributed by atoms with van der Waals surface area (Å²) in [6, 6.07) is 9.93. The number of urea groups is 1. The lowest BCUT2D eigenvalue weighted by Crippen LogP contribution is -2.38. The number of nitrogens with one attached hydrogen (secondary N) is 2. The number of nitrogens with zero attached hydrogens (tertiary/aromatic N) is 1. The Morgan fingerprint density at radius 1 is 1.18 bits per heavy atom. The zero-order valence-electron chi connectivity index (χ0n) is 14.4. The lowest BCUT2D eigenvalue weighted by molar-refractivity contribution is -0.127. The fourth-order valence-corrected chi connectivity index (χ4v) is 2.78. The molecule has 2 aromatic carbocycles. The van der Waals surface area contributed by atoms with Crippen LogP contribution in [-0.4, -0.2) is 36.1 Å². The molecule has 2 N–H and O–H groups in total. The van der Waals surface area contributed by atoms with Crippen molar-refractivity contribution in [3.8, 4) is 11.5 Å². The Morgan fingerprint density at radius 2 is 1.96 bits per heavy atom. The van der Waals surface area contributed by atoms with E-state index in [0.717, 1.165) is 4.90 Å². The van der Waals surface area contributed by atoms with E-state index in [1.165, 1.54) is 24.3 Å². The lowest BCUT2D eigenvalue weighted by atomic mass is 10.1. The number of carbonyl (C=O) groups excluding carboxylic acids is 3. The summed E-state index contributed by atoms with van der Waals surface area (Å²) in [6.45, 7) is -0.423. The highest BCUT2D eigenvalue weighted by Gasteiger charge is 2.35. The maximum absolute atomic E-state index is 13.6. The molecule has 0 atom stereocenters. The van der Waals surface area contributed by atoms with E-state index >= 15 is 0 Å². The fraction of sp³-hybridized carbons (Fsp3) is 0.105. The third-order valence-corrected chi connectivity index (χ3v) is 4.12. The molecule has 0 bridgehead atoms. The number of anilines is 1. The Kier molecular flexibility index (Phi) is 4.40. The molecule has 0 saturated carbocycles. The molecule has 0 aromatic heterocycles. The Bertz CT molecular complexity index is 1020. The standard InChI is InChI=1S/C19H14FN3O5/c20-12-3-1-2-4-13(12)21-17(24)9-23-18(25)14(22-19(23)26)7-11-5-6-15-16(8-11)28-10-27-15/h1-8H,9-10H2,(H,21,24)(H,22,26)/b14-7+. The first-order valence-electron chi connectivity index (χ1n) is 8.30. The maximum Gasteiger partial charge on any atom is 0.329 e. The molecule has 1 fully saturated rings. The summed E-state index contributed by atoms with van der Waals surface area (Å²) in [5.74, 6) is -0.844. The molecule has 9 heteroatoms. The molecule has 1 saturated heterocycles. The summed E-state index contributed by atoms with van der Waals surface area (Å²) in [7, 11) is 0. The summed E-state index contributed by atoms with van der Waals surface area (Å²) in [6.07, 6.45) is 1.47. The third-order valence-electron chi connectivity index (χ3n) is 4.12. The van der Waals surface area contributed by atoms with Gasteiger partial charge < -0.3 is 20.1 Å². The van der Waals surface area contributed by atoms with Crippen LogP contribution < -0.4 is 20.1 Å². The van der Waals surface area contributed by atoms with Gasteiger partial charge in [-0.25, -0.2) is 14.1 Å². The van der Waals surface area contributed by atoms with Gasteiger partial charge in [-0.15, -0.1) is 0 Å². The molecule has 142 valence electrons. The normalized spacial score (nSPS) is 16.5. The van der Waals surface area contributed by atoms with Crippen molar-refractivity contribution in [1.82, 2.24) is 10.2 Å². The van der Waals surface area contributed by atoms with Crippen LogP contribution in [-0.2, 0) is 9.59 Å². The number of amides is 4. The minimum atomic E-state index is -0.735. The number of rotatable bonds is 4. The van der Waals surface area contributed by atoms with E-state index in [1.54, 1.807) is 24.3 Å². The Labute approximate surface area is 158 Å². The zero-order valence-corrected chi connectivity index (χ0v) is 14.4. The van der Waals surface area contributed by atoms with Crippen LogP contribution in [0.25, 0.3) is 6.08 Å². The van der Waals surface area contributed by atoms with Crippen molar-refractivity contribution in [3.05, 3.63) is 59.5 Å². The number of halogens is 1. The summed E-state index contributed by atoms with van der Waals surface area (Å²) >= 11 is 0. The van der Waals surface area contributed by atoms with Gasteiger partial charge in [-0.1, -0.05) is 18.2 Å². The second kappa shape index (κ2) is 7.03. The maximum atomic E-state index is 13.6. The van der Waals surface area contributed by atoms with Crippen LogP contribution >= 0.6 is 0 Å². The van der Waals surface area contributed by atoms with Gasteiger partial charge in [0.2, 0.25) is 12.7 Å². The number of fused-ring (bicyclic) bond motifs is 1. The molecule has 0 spiro atoms. The summed E-state index contributed by atoms with van der Waals surface area (Å²) in [4.78, 5) is 37.4. The molecule has 4 amide bonds. The Morgan fingerprint density at radius 3 is 2.79 bits per heavy atom. The second-order valence-corrected chi connectivity index (χ2v) is 6.02. The molecule has 4 rings (SSSR count). The van der Waals surface area contributed by atoms with Crippen LogP contribution in [0.4, 0.5) is 14.9 Å². The van der Waals surface area contributed by atoms with Crippen molar-refractivity contribution in [3.63, 3.8) is 0 Å². The van der Waals surface area contributed by atoms with Crippen molar-refractivity contribution >= 4 is 29.6 Å².